The molecule has 0 bridgehead atoms. The molecule has 2 fully saturated rings. The van der Waals surface area contributed by atoms with E-state index in [1.807, 2.05) is 12.3 Å². The monoisotopic (exact) mass is 246 g/mol. The van der Waals surface area contributed by atoms with Crippen LogP contribution >= 0.6 is 0 Å². The molecule has 2 heterocycles. The van der Waals surface area contributed by atoms with Gasteiger partial charge in [-0.3, -0.25) is 0 Å². The van der Waals surface area contributed by atoms with Gasteiger partial charge in [0, 0.05) is 24.8 Å². The summed E-state index contributed by atoms with van der Waals surface area (Å²) in [4.78, 5) is 11.5. The van der Waals surface area contributed by atoms with E-state index in [0.29, 0.717) is 12.1 Å². The number of piperidine rings is 1. The molecule has 18 heavy (non-hydrogen) atoms. The molecule has 1 unspecified atom stereocenters. The summed E-state index contributed by atoms with van der Waals surface area (Å²) in [5, 5.41) is 3.45. The average Bonchev–Trinajstić information content (AvgIpc) is 3.23. The second-order valence-corrected chi connectivity index (χ2v) is 5.41. The maximum absolute atomic E-state index is 4.68. The van der Waals surface area contributed by atoms with E-state index in [1.54, 1.807) is 0 Å². The summed E-state index contributed by atoms with van der Waals surface area (Å²) in [7, 11) is 0. The smallest absolute Gasteiger partial charge is 0.227 e. The fourth-order valence-corrected chi connectivity index (χ4v) is 2.69. The lowest BCUT2D eigenvalue weighted by atomic mass is 10.0. The Morgan fingerprint density at radius 3 is 3.00 bits per heavy atom. The van der Waals surface area contributed by atoms with Crippen molar-refractivity contribution in [2.45, 2.75) is 57.5 Å². The van der Waals surface area contributed by atoms with Gasteiger partial charge in [0.05, 0.1) is 0 Å². The number of aromatic nitrogens is 2. The van der Waals surface area contributed by atoms with Crippen LogP contribution in [0, 0.1) is 0 Å². The second-order valence-electron chi connectivity index (χ2n) is 5.41. The predicted octanol–water partition coefficient (Wildman–Crippen LogP) is 2.82. The maximum atomic E-state index is 4.68. The number of nitrogens with one attached hydrogen (secondary N) is 1. The molecule has 1 aromatic heterocycles. The molecule has 1 aliphatic carbocycles. The molecule has 0 spiro atoms. The predicted molar refractivity (Wildman–Crippen MR) is 74.0 cm³/mol. The Hall–Kier alpha value is -1.32. The quantitative estimate of drug-likeness (QED) is 0.887. The fourth-order valence-electron chi connectivity index (χ4n) is 2.69. The molecule has 3 rings (SSSR count). The molecule has 4 heteroatoms. The third kappa shape index (κ3) is 2.57. The topological polar surface area (TPSA) is 41.1 Å². The lowest BCUT2D eigenvalue weighted by molar-refractivity contribution is 0.443. The van der Waals surface area contributed by atoms with E-state index in [2.05, 4.69) is 27.1 Å². The van der Waals surface area contributed by atoms with Crippen LogP contribution in [0.15, 0.2) is 12.3 Å². The van der Waals surface area contributed by atoms with E-state index in [0.717, 1.165) is 18.3 Å². The molecular weight excluding hydrogens is 224 g/mol. The van der Waals surface area contributed by atoms with Gasteiger partial charge in [0.1, 0.15) is 5.82 Å². The molecule has 1 aliphatic heterocycles. The fraction of sp³-hybridized carbons (Fsp3) is 0.714. The summed E-state index contributed by atoms with van der Waals surface area (Å²) in [6.07, 6.45) is 9.51. The number of anilines is 2. The Balaban J connectivity index is 1.76. The summed E-state index contributed by atoms with van der Waals surface area (Å²) in [6.45, 7) is 3.36. The van der Waals surface area contributed by atoms with Gasteiger partial charge in [0.15, 0.2) is 0 Å². The molecule has 1 saturated heterocycles. The minimum absolute atomic E-state index is 0.620. The van der Waals surface area contributed by atoms with Crippen molar-refractivity contribution in [3.05, 3.63) is 12.3 Å². The third-order valence-electron chi connectivity index (χ3n) is 3.93. The average molecular weight is 246 g/mol. The van der Waals surface area contributed by atoms with Crippen molar-refractivity contribution in [2.24, 2.45) is 0 Å². The number of nitrogens with zero attached hydrogens (tertiary/aromatic N) is 3. The molecular formula is C14H22N4. The Morgan fingerprint density at radius 1 is 1.33 bits per heavy atom. The molecule has 0 amide bonds. The van der Waals surface area contributed by atoms with Crippen molar-refractivity contribution < 1.29 is 0 Å². The van der Waals surface area contributed by atoms with Gasteiger partial charge in [-0.05, 0) is 44.6 Å². The normalized spacial score (nSPS) is 24.1. The minimum atomic E-state index is 0.620. The molecule has 2 aliphatic rings. The zero-order valence-electron chi connectivity index (χ0n) is 11.1. The van der Waals surface area contributed by atoms with Gasteiger partial charge < -0.3 is 10.2 Å². The standard InChI is InChI=1S/C14H22N4/c1-2-12-5-3-4-10-18(12)14-15-9-8-13(17-14)16-11-6-7-11/h8-9,11-12H,2-7,10H2,1H3,(H,15,16,17). The van der Waals surface area contributed by atoms with Crippen LogP contribution in [0.25, 0.3) is 0 Å². The van der Waals surface area contributed by atoms with Crippen molar-refractivity contribution in [3.63, 3.8) is 0 Å². The molecule has 1 N–H and O–H groups in total. The highest BCUT2D eigenvalue weighted by Gasteiger charge is 2.24. The van der Waals surface area contributed by atoms with Crippen LogP contribution in [0.2, 0.25) is 0 Å². The second kappa shape index (κ2) is 5.12. The van der Waals surface area contributed by atoms with Crippen LogP contribution in [0.1, 0.15) is 45.4 Å². The van der Waals surface area contributed by atoms with E-state index in [1.165, 1.54) is 38.5 Å². The summed E-state index contributed by atoms with van der Waals surface area (Å²) < 4.78 is 0. The van der Waals surface area contributed by atoms with E-state index in [9.17, 15) is 0 Å². The third-order valence-corrected chi connectivity index (χ3v) is 3.93. The molecule has 1 atom stereocenters. The summed E-state index contributed by atoms with van der Waals surface area (Å²) in [5.41, 5.74) is 0. The van der Waals surface area contributed by atoms with Crippen molar-refractivity contribution in [3.8, 4) is 0 Å². The Labute approximate surface area is 109 Å². The zero-order valence-corrected chi connectivity index (χ0v) is 11.1. The van der Waals surface area contributed by atoms with Crippen molar-refractivity contribution in [1.82, 2.24) is 9.97 Å². The molecule has 4 nitrogen and oxygen atoms in total. The first-order chi connectivity index (χ1) is 8.86. The van der Waals surface area contributed by atoms with Gasteiger partial charge >= 0.3 is 0 Å². The Morgan fingerprint density at radius 2 is 2.22 bits per heavy atom. The van der Waals surface area contributed by atoms with E-state index in [4.69, 9.17) is 0 Å². The van der Waals surface area contributed by atoms with Crippen LogP contribution in [0.4, 0.5) is 11.8 Å². The lowest BCUT2D eigenvalue weighted by Crippen LogP contribution is -2.40. The first-order valence-electron chi connectivity index (χ1n) is 7.23. The van der Waals surface area contributed by atoms with Crippen LogP contribution in [-0.4, -0.2) is 28.6 Å². The lowest BCUT2D eigenvalue weighted by Gasteiger charge is -2.35. The summed E-state index contributed by atoms with van der Waals surface area (Å²) in [5.74, 6) is 1.90. The van der Waals surface area contributed by atoms with Crippen molar-refractivity contribution in [1.29, 1.82) is 0 Å². The summed E-state index contributed by atoms with van der Waals surface area (Å²) in [6, 6.07) is 3.25. The van der Waals surface area contributed by atoms with E-state index < -0.39 is 0 Å². The SMILES string of the molecule is CCC1CCCCN1c1nccc(NC2CC2)n1. The van der Waals surface area contributed by atoms with Gasteiger partial charge in [-0.2, -0.15) is 4.98 Å². The largest absolute Gasteiger partial charge is 0.367 e. The van der Waals surface area contributed by atoms with Gasteiger partial charge in [-0.15, -0.1) is 0 Å². The van der Waals surface area contributed by atoms with Crippen LogP contribution in [0.3, 0.4) is 0 Å². The highest BCUT2D eigenvalue weighted by atomic mass is 15.3. The minimum Gasteiger partial charge on any atom is -0.367 e. The maximum Gasteiger partial charge on any atom is 0.227 e. The first kappa shape index (κ1) is 11.8. The summed E-state index contributed by atoms with van der Waals surface area (Å²) >= 11 is 0. The molecule has 1 saturated carbocycles. The van der Waals surface area contributed by atoms with Gasteiger partial charge in [0.25, 0.3) is 0 Å². The highest BCUT2D eigenvalue weighted by molar-refractivity contribution is 5.43. The van der Waals surface area contributed by atoms with Gasteiger partial charge in [-0.1, -0.05) is 6.92 Å². The van der Waals surface area contributed by atoms with Crippen molar-refractivity contribution >= 4 is 11.8 Å². The molecule has 0 aromatic carbocycles. The number of rotatable bonds is 4. The van der Waals surface area contributed by atoms with E-state index in [-0.39, 0.29) is 0 Å². The highest BCUT2D eigenvalue weighted by Crippen LogP contribution is 2.26. The Bertz CT molecular complexity index is 403. The van der Waals surface area contributed by atoms with Crippen LogP contribution in [-0.2, 0) is 0 Å². The zero-order chi connectivity index (χ0) is 12.4. The van der Waals surface area contributed by atoms with Crippen LogP contribution < -0.4 is 10.2 Å². The molecule has 0 radical (unpaired) electrons. The Kier molecular flexibility index (Phi) is 3.35. The van der Waals surface area contributed by atoms with Gasteiger partial charge in [-0.25, -0.2) is 4.98 Å². The van der Waals surface area contributed by atoms with Gasteiger partial charge in [0.2, 0.25) is 5.95 Å². The molecule has 98 valence electrons. The van der Waals surface area contributed by atoms with Crippen LogP contribution in [0.5, 0.6) is 0 Å². The van der Waals surface area contributed by atoms with E-state index >= 15 is 0 Å². The van der Waals surface area contributed by atoms with Crippen molar-refractivity contribution in [2.75, 3.05) is 16.8 Å². The number of hydrogen-bond acceptors (Lipinski definition) is 4. The number of hydrogen-bond donors (Lipinski definition) is 1. The first-order valence-corrected chi connectivity index (χ1v) is 7.23. The molecule has 1 aromatic rings.